The van der Waals surface area contributed by atoms with E-state index in [0.717, 1.165) is 29.7 Å². The molecule has 7 heteroatoms. The number of amides is 1. The average molecular weight is 381 g/mol. The van der Waals surface area contributed by atoms with Crippen molar-refractivity contribution in [3.63, 3.8) is 0 Å². The third-order valence-electron chi connectivity index (χ3n) is 4.26. The average Bonchev–Trinajstić information content (AvgIpc) is 3.21. The van der Waals surface area contributed by atoms with E-state index in [-0.39, 0.29) is 5.91 Å². The Bertz CT molecular complexity index is 906. The second-order valence-electron chi connectivity index (χ2n) is 6.51. The first-order valence-corrected chi connectivity index (χ1v) is 9.22. The molecule has 0 spiro atoms. The van der Waals surface area contributed by atoms with Crippen molar-refractivity contribution in [2.24, 2.45) is 0 Å². The van der Waals surface area contributed by atoms with Gasteiger partial charge in [-0.05, 0) is 44.4 Å². The number of ether oxygens (including phenoxy) is 1. The number of carbonyl (C=O) groups excluding carboxylic acids is 1. The summed E-state index contributed by atoms with van der Waals surface area (Å²) in [5, 5.41) is 12.5. The summed E-state index contributed by atoms with van der Waals surface area (Å²) in [6, 6.07) is 15.5. The molecular weight excluding hydrogens is 358 g/mol. The van der Waals surface area contributed by atoms with Crippen LogP contribution in [-0.4, -0.2) is 27.9 Å². The first kappa shape index (κ1) is 19.6. The molecule has 0 atom stereocenters. The predicted molar refractivity (Wildman–Crippen MR) is 104 cm³/mol. The summed E-state index contributed by atoms with van der Waals surface area (Å²) in [6.45, 7) is 2.57. The standard InChI is InChI=1S/C21H23N3O4/c1-15-9-11-16(12-10-15)20-22-21(28-24-20)17-6-5-7-18(14-17)27-13-4-2-3-8-19(25)23-26/h5-7,9-12,14,26H,2-4,8,13H2,1H3,(H,23,25). The molecule has 1 heterocycles. The van der Waals surface area contributed by atoms with E-state index in [2.05, 4.69) is 10.1 Å². The molecule has 2 N–H and O–H groups in total. The third kappa shape index (κ3) is 5.40. The van der Waals surface area contributed by atoms with Crippen molar-refractivity contribution in [1.82, 2.24) is 15.6 Å². The maximum atomic E-state index is 10.9. The molecule has 3 rings (SSSR count). The van der Waals surface area contributed by atoms with Gasteiger partial charge in [0.05, 0.1) is 6.61 Å². The summed E-state index contributed by atoms with van der Waals surface area (Å²) in [7, 11) is 0. The van der Waals surface area contributed by atoms with Crippen molar-refractivity contribution in [2.45, 2.75) is 32.6 Å². The number of hydrogen-bond donors (Lipinski definition) is 2. The molecule has 28 heavy (non-hydrogen) atoms. The molecule has 2 aromatic carbocycles. The van der Waals surface area contributed by atoms with Crippen molar-refractivity contribution in [1.29, 1.82) is 0 Å². The number of hydrogen-bond acceptors (Lipinski definition) is 6. The predicted octanol–water partition coefficient (Wildman–Crippen LogP) is 4.16. The number of rotatable bonds is 9. The summed E-state index contributed by atoms with van der Waals surface area (Å²) < 4.78 is 11.2. The molecular formula is C21H23N3O4. The van der Waals surface area contributed by atoms with Gasteiger partial charge in [0.15, 0.2) is 0 Å². The van der Waals surface area contributed by atoms with Crippen LogP contribution in [0, 0.1) is 6.92 Å². The van der Waals surface area contributed by atoms with E-state index in [1.54, 1.807) is 5.48 Å². The van der Waals surface area contributed by atoms with Crippen molar-refractivity contribution < 1.29 is 19.3 Å². The fourth-order valence-corrected chi connectivity index (χ4v) is 2.69. The Labute approximate surface area is 163 Å². The second-order valence-corrected chi connectivity index (χ2v) is 6.51. The van der Waals surface area contributed by atoms with Gasteiger partial charge >= 0.3 is 0 Å². The topological polar surface area (TPSA) is 97.5 Å². The molecule has 7 nitrogen and oxygen atoms in total. The third-order valence-corrected chi connectivity index (χ3v) is 4.26. The van der Waals surface area contributed by atoms with Crippen LogP contribution in [0.25, 0.3) is 22.8 Å². The van der Waals surface area contributed by atoms with Crippen LogP contribution in [0.2, 0.25) is 0 Å². The van der Waals surface area contributed by atoms with Gasteiger partial charge in [-0.2, -0.15) is 4.98 Å². The highest BCUT2D eigenvalue weighted by Gasteiger charge is 2.11. The minimum Gasteiger partial charge on any atom is -0.494 e. The van der Waals surface area contributed by atoms with E-state index in [4.69, 9.17) is 14.5 Å². The van der Waals surface area contributed by atoms with Gasteiger partial charge in [-0.1, -0.05) is 41.1 Å². The van der Waals surface area contributed by atoms with E-state index in [1.807, 2.05) is 55.5 Å². The molecule has 1 aromatic heterocycles. The van der Waals surface area contributed by atoms with Crippen molar-refractivity contribution in [3.8, 4) is 28.6 Å². The Balaban J connectivity index is 1.55. The maximum absolute atomic E-state index is 10.9. The molecule has 0 saturated carbocycles. The molecule has 146 valence electrons. The first-order chi connectivity index (χ1) is 13.7. The minimum absolute atomic E-state index is 0.312. The van der Waals surface area contributed by atoms with Gasteiger partial charge in [0.1, 0.15) is 5.75 Å². The van der Waals surface area contributed by atoms with Crippen LogP contribution in [0.1, 0.15) is 31.2 Å². The van der Waals surface area contributed by atoms with Crippen LogP contribution in [0.15, 0.2) is 53.1 Å². The van der Waals surface area contributed by atoms with Crippen molar-refractivity contribution >= 4 is 5.91 Å². The van der Waals surface area contributed by atoms with Gasteiger partial charge < -0.3 is 9.26 Å². The zero-order valence-corrected chi connectivity index (χ0v) is 15.7. The van der Waals surface area contributed by atoms with E-state index >= 15 is 0 Å². The quantitative estimate of drug-likeness (QED) is 0.328. The summed E-state index contributed by atoms with van der Waals surface area (Å²) in [4.78, 5) is 15.4. The van der Waals surface area contributed by atoms with E-state index in [9.17, 15) is 4.79 Å². The van der Waals surface area contributed by atoms with Gasteiger partial charge in [-0.3, -0.25) is 10.0 Å². The first-order valence-electron chi connectivity index (χ1n) is 9.22. The molecule has 0 radical (unpaired) electrons. The lowest BCUT2D eigenvalue weighted by Gasteiger charge is -2.06. The van der Waals surface area contributed by atoms with Crippen LogP contribution in [0.5, 0.6) is 5.75 Å². The molecule has 1 amide bonds. The number of aromatic nitrogens is 2. The lowest BCUT2D eigenvalue weighted by atomic mass is 10.1. The van der Waals surface area contributed by atoms with Crippen LogP contribution in [-0.2, 0) is 4.79 Å². The lowest BCUT2D eigenvalue weighted by Crippen LogP contribution is -2.17. The number of unbranched alkanes of at least 4 members (excludes halogenated alkanes) is 2. The highest BCUT2D eigenvalue weighted by Crippen LogP contribution is 2.25. The van der Waals surface area contributed by atoms with E-state index < -0.39 is 0 Å². The van der Waals surface area contributed by atoms with Crippen LogP contribution < -0.4 is 10.2 Å². The SMILES string of the molecule is Cc1ccc(-c2noc(-c3cccc(OCCCCCC(=O)NO)c3)n2)cc1. The Morgan fingerprint density at radius 3 is 2.71 bits per heavy atom. The molecule has 0 bridgehead atoms. The Kier molecular flexibility index (Phi) is 6.75. The highest BCUT2D eigenvalue weighted by atomic mass is 16.5. The molecule has 0 saturated heterocycles. The number of hydroxylamine groups is 1. The Morgan fingerprint density at radius 2 is 1.93 bits per heavy atom. The maximum Gasteiger partial charge on any atom is 0.258 e. The van der Waals surface area contributed by atoms with E-state index in [0.29, 0.717) is 31.2 Å². The second kappa shape index (κ2) is 9.66. The van der Waals surface area contributed by atoms with Gasteiger partial charge in [-0.25, -0.2) is 5.48 Å². The summed E-state index contributed by atoms with van der Waals surface area (Å²) in [5.74, 6) is 1.35. The largest absolute Gasteiger partial charge is 0.494 e. The molecule has 0 aliphatic heterocycles. The molecule has 3 aromatic rings. The Hall–Kier alpha value is -3.19. The lowest BCUT2D eigenvalue weighted by molar-refractivity contribution is -0.129. The van der Waals surface area contributed by atoms with Gasteiger partial charge in [-0.15, -0.1) is 0 Å². The molecule has 0 aliphatic rings. The molecule has 0 fully saturated rings. The van der Waals surface area contributed by atoms with Crippen LogP contribution in [0.4, 0.5) is 0 Å². The summed E-state index contributed by atoms with van der Waals surface area (Å²) >= 11 is 0. The summed E-state index contributed by atoms with van der Waals surface area (Å²) in [6.07, 6.45) is 2.68. The van der Waals surface area contributed by atoms with Crippen LogP contribution in [0.3, 0.4) is 0 Å². The molecule has 0 aliphatic carbocycles. The van der Waals surface area contributed by atoms with Gasteiger partial charge in [0, 0.05) is 17.5 Å². The number of aryl methyl sites for hydroxylation is 1. The zero-order chi connectivity index (χ0) is 19.8. The number of nitrogens with one attached hydrogen (secondary N) is 1. The fourth-order valence-electron chi connectivity index (χ4n) is 2.69. The highest BCUT2D eigenvalue weighted by molar-refractivity contribution is 5.74. The number of nitrogens with zero attached hydrogens (tertiary/aromatic N) is 2. The summed E-state index contributed by atoms with van der Waals surface area (Å²) in [5.41, 5.74) is 4.50. The zero-order valence-electron chi connectivity index (χ0n) is 15.7. The van der Waals surface area contributed by atoms with Gasteiger partial charge in [0.2, 0.25) is 11.7 Å². The van der Waals surface area contributed by atoms with Crippen molar-refractivity contribution in [3.05, 3.63) is 54.1 Å². The fraction of sp³-hybridized carbons (Fsp3) is 0.286. The minimum atomic E-state index is -0.363. The monoisotopic (exact) mass is 381 g/mol. The molecule has 0 unspecified atom stereocenters. The number of benzene rings is 2. The number of carbonyl (C=O) groups is 1. The van der Waals surface area contributed by atoms with Crippen LogP contribution >= 0.6 is 0 Å². The van der Waals surface area contributed by atoms with E-state index in [1.165, 1.54) is 5.56 Å². The normalized spacial score (nSPS) is 10.6. The van der Waals surface area contributed by atoms with Crippen molar-refractivity contribution in [2.75, 3.05) is 6.61 Å². The smallest absolute Gasteiger partial charge is 0.258 e. The van der Waals surface area contributed by atoms with Gasteiger partial charge in [0.25, 0.3) is 5.89 Å². The Morgan fingerprint density at radius 1 is 1.11 bits per heavy atom.